The molecule has 55 heavy (non-hydrogen) atoms. The summed E-state index contributed by atoms with van der Waals surface area (Å²) in [4.78, 5) is 95.3. The molecule has 1 aromatic heterocycles. The number of phenols is 1. The highest BCUT2D eigenvalue weighted by Gasteiger charge is 2.64. The zero-order valence-electron chi connectivity index (χ0n) is 29.4. The number of aromatic hydroxyl groups is 1. The largest absolute Gasteiger partial charge is 0.508 e. The first-order chi connectivity index (χ1) is 25.9. The fourth-order valence-electron chi connectivity index (χ4n) is 6.11. The van der Waals surface area contributed by atoms with E-state index in [1.807, 2.05) is 0 Å². The van der Waals surface area contributed by atoms with Crippen molar-refractivity contribution in [2.24, 2.45) is 10.9 Å². The average molecular weight is 821 g/mol. The number of thiazole rings is 1. The Balaban J connectivity index is 0.000000214. The molecule has 0 spiro atoms. The number of benzene rings is 1. The lowest BCUT2D eigenvalue weighted by Gasteiger charge is -2.49. The number of carbonyl (C=O) groups excluding carboxylic acids is 5. The highest BCUT2D eigenvalue weighted by molar-refractivity contribution is 8.01. The molecule has 6 rings (SSSR count). The lowest BCUT2D eigenvalue weighted by Crippen LogP contribution is -2.71. The minimum Gasteiger partial charge on any atom is -0.508 e. The maximum absolute atomic E-state index is 12.7. The van der Waals surface area contributed by atoms with Gasteiger partial charge < -0.3 is 51.9 Å². The van der Waals surface area contributed by atoms with Crippen molar-refractivity contribution in [1.29, 1.82) is 0 Å². The molecule has 0 unspecified atom stereocenters. The number of hydrogen-bond acceptors (Lipinski definition) is 17. The van der Waals surface area contributed by atoms with E-state index in [9.17, 15) is 48.9 Å². The number of carboxylic acid groups (broad SMARTS) is 2. The Morgan fingerprint density at radius 3 is 2.29 bits per heavy atom. The second-order valence-electron chi connectivity index (χ2n) is 12.7. The van der Waals surface area contributed by atoms with Crippen molar-refractivity contribution in [3.05, 3.63) is 52.2 Å². The quantitative estimate of drug-likeness (QED) is 0.0644. The van der Waals surface area contributed by atoms with Crippen LogP contribution in [0.25, 0.3) is 0 Å². The summed E-state index contributed by atoms with van der Waals surface area (Å²) in [5, 5.41) is 37.7. The minimum atomic E-state index is -1.32. The molecular formula is C32H36N8O12S3. The van der Waals surface area contributed by atoms with Crippen LogP contribution in [0.4, 0.5) is 5.13 Å². The van der Waals surface area contributed by atoms with Crippen molar-refractivity contribution in [2.45, 2.75) is 60.4 Å². The molecule has 0 bridgehead atoms. The van der Waals surface area contributed by atoms with Crippen LogP contribution in [-0.4, -0.2) is 130 Å². The summed E-state index contributed by atoms with van der Waals surface area (Å²) in [6, 6.07) is 2.24. The van der Waals surface area contributed by atoms with Crippen LogP contribution < -0.4 is 22.1 Å². The number of nitrogen functional groups attached to an aromatic ring is 1. The molecule has 20 nitrogen and oxygen atoms in total. The van der Waals surface area contributed by atoms with Crippen molar-refractivity contribution in [3.63, 3.8) is 0 Å². The Morgan fingerprint density at radius 1 is 1.07 bits per heavy atom. The number of oxime groups is 1. The molecule has 0 aliphatic carbocycles. The van der Waals surface area contributed by atoms with E-state index in [1.165, 1.54) is 72.1 Å². The number of amides is 4. The maximum Gasteiger partial charge on any atom is 0.352 e. The van der Waals surface area contributed by atoms with Gasteiger partial charge in [-0.1, -0.05) is 17.3 Å². The second-order valence-corrected chi connectivity index (χ2v) is 16.5. The van der Waals surface area contributed by atoms with E-state index >= 15 is 0 Å². The highest BCUT2D eigenvalue weighted by atomic mass is 32.2. The van der Waals surface area contributed by atoms with Gasteiger partial charge in [-0.15, -0.1) is 34.9 Å². The SMILES string of the molecule is CC1(C)S[C@@H]2[C@H](NC(=O)[C@H](N)c3ccc(O)cc3)C(=O)N2[C@H]1C(=O)O.CO/N=C(/C(=O)N[C@@H]1C(=O)N2C(C(=O)O)=C(COC(C)=O)CS[C@H]12)c1csc(N)n1. The lowest BCUT2D eigenvalue weighted by atomic mass is 9.95. The number of aliphatic carboxylic acids is 2. The average Bonchev–Trinajstić information content (AvgIpc) is 3.67. The predicted molar refractivity (Wildman–Crippen MR) is 197 cm³/mol. The van der Waals surface area contributed by atoms with Gasteiger partial charge in [0.25, 0.3) is 11.8 Å². The van der Waals surface area contributed by atoms with Crippen LogP contribution in [0.15, 0.2) is 46.1 Å². The highest BCUT2D eigenvalue weighted by Crippen LogP contribution is 2.51. The number of carbonyl (C=O) groups is 7. The summed E-state index contributed by atoms with van der Waals surface area (Å²) in [7, 11) is 1.25. The lowest BCUT2D eigenvalue weighted by molar-refractivity contribution is -0.161. The number of nitrogens with one attached hydrogen (secondary N) is 2. The van der Waals surface area contributed by atoms with Gasteiger partial charge in [-0.2, -0.15) is 0 Å². The second kappa shape index (κ2) is 16.1. The minimum absolute atomic E-state index is 0.0606. The molecule has 2 aromatic rings. The number of rotatable bonds is 11. The van der Waals surface area contributed by atoms with Gasteiger partial charge in [0.1, 0.15) is 65.8 Å². The van der Waals surface area contributed by atoms with Gasteiger partial charge in [0.2, 0.25) is 11.8 Å². The number of β-lactam (4-membered cyclic amide) rings is 2. The van der Waals surface area contributed by atoms with Crippen LogP contribution in [0.3, 0.4) is 0 Å². The first-order valence-corrected chi connectivity index (χ1v) is 18.9. The molecule has 5 heterocycles. The third kappa shape index (κ3) is 8.18. The number of hydrogen-bond donors (Lipinski definition) is 7. The molecule has 0 radical (unpaired) electrons. The topological polar surface area (TPSA) is 306 Å². The number of phenolic OH excluding ortho intramolecular Hbond substituents is 1. The van der Waals surface area contributed by atoms with Gasteiger partial charge >= 0.3 is 17.9 Å². The van der Waals surface area contributed by atoms with Crippen LogP contribution in [0.1, 0.15) is 38.1 Å². The number of ether oxygens (including phenoxy) is 1. The van der Waals surface area contributed by atoms with E-state index in [-0.39, 0.29) is 40.3 Å². The van der Waals surface area contributed by atoms with Crippen LogP contribution >= 0.6 is 34.9 Å². The van der Waals surface area contributed by atoms with Crippen LogP contribution in [0.2, 0.25) is 0 Å². The number of anilines is 1. The van der Waals surface area contributed by atoms with E-state index in [4.69, 9.17) is 16.2 Å². The molecule has 4 amide bonds. The fraction of sp³-hybridized carbons (Fsp3) is 0.406. The van der Waals surface area contributed by atoms with Crippen molar-refractivity contribution >= 4 is 87.2 Å². The maximum atomic E-state index is 12.7. The predicted octanol–water partition coefficient (Wildman–Crippen LogP) is -0.599. The zero-order chi connectivity index (χ0) is 40.5. The summed E-state index contributed by atoms with van der Waals surface area (Å²) in [5.74, 6) is -4.92. The number of aromatic nitrogens is 1. The first kappa shape index (κ1) is 40.8. The van der Waals surface area contributed by atoms with Crippen molar-refractivity contribution in [2.75, 3.05) is 25.2 Å². The third-order valence-electron chi connectivity index (χ3n) is 8.66. The van der Waals surface area contributed by atoms with Gasteiger partial charge in [0.05, 0.1) is 0 Å². The van der Waals surface area contributed by atoms with Gasteiger partial charge in [0, 0.05) is 28.4 Å². The molecule has 4 aliphatic heterocycles. The number of carboxylic acids is 2. The van der Waals surface area contributed by atoms with E-state index < -0.39 is 81.2 Å². The normalized spacial score (nSPS) is 24.2. The van der Waals surface area contributed by atoms with Gasteiger partial charge in [-0.3, -0.25) is 28.9 Å². The Kier molecular flexibility index (Phi) is 12.0. The Morgan fingerprint density at radius 2 is 1.73 bits per heavy atom. The molecule has 23 heteroatoms. The molecule has 294 valence electrons. The third-order valence-corrected chi connectivity index (χ3v) is 12.2. The van der Waals surface area contributed by atoms with Crippen LogP contribution in [0, 0.1) is 0 Å². The van der Waals surface area contributed by atoms with Crippen molar-refractivity contribution < 1.29 is 58.5 Å². The zero-order valence-corrected chi connectivity index (χ0v) is 31.9. The Labute approximate surface area is 324 Å². The van der Waals surface area contributed by atoms with Gasteiger partial charge in [0.15, 0.2) is 10.8 Å². The Bertz CT molecular complexity index is 1990. The molecule has 3 fully saturated rings. The summed E-state index contributed by atoms with van der Waals surface area (Å²) >= 11 is 3.71. The monoisotopic (exact) mass is 820 g/mol. The molecule has 1 aromatic carbocycles. The molecule has 6 atom stereocenters. The molecule has 4 aliphatic rings. The number of nitrogens with two attached hydrogens (primary N) is 2. The molecule has 3 saturated heterocycles. The van der Waals surface area contributed by atoms with E-state index in [2.05, 4.69) is 25.6 Å². The van der Waals surface area contributed by atoms with E-state index in [0.29, 0.717) is 11.1 Å². The number of fused-ring (bicyclic) bond motifs is 2. The summed E-state index contributed by atoms with van der Waals surface area (Å²) in [6.45, 7) is 4.51. The Hall–Kier alpha value is -5.39. The summed E-state index contributed by atoms with van der Waals surface area (Å²) in [5.41, 5.74) is 12.1. The van der Waals surface area contributed by atoms with Crippen LogP contribution in [0.5, 0.6) is 5.75 Å². The standard InChI is InChI=1S/C16H17N5O7S2.C16H19N3O5S/c1-6(22)28-3-7-4-29-14-10(13(24)21(14)11(7)15(25)26)19-12(23)9(20-27-2)8-5-30-16(17)18-8;1-16(2)11(15(23)24)19-13(22)10(14(19)25-16)18-12(21)9(17)7-3-5-8(20)6-4-7/h5,10,14H,3-4H2,1-2H3,(H2,17,18)(H,19,23)(H,25,26);3-6,9-11,14,20H,17H2,1-2H3,(H,18,21)(H,23,24)/b20-9+;/t10-,14-;9-,10-,11+,14-/m11/s1. The molecule has 9 N–H and O–H groups in total. The number of nitrogens with zero attached hydrogens (tertiary/aromatic N) is 4. The van der Waals surface area contributed by atoms with E-state index in [1.54, 1.807) is 13.8 Å². The number of thioether (sulfide) groups is 2. The van der Waals surface area contributed by atoms with Crippen molar-refractivity contribution in [3.8, 4) is 5.75 Å². The first-order valence-electron chi connectivity index (χ1n) is 16.1. The van der Waals surface area contributed by atoms with Crippen molar-refractivity contribution in [1.82, 2.24) is 25.4 Å². The van der Waals surface area contributed by atoms with Crippen LogP contribution in [-0.2, 0) is 43.1 Å². The fourth-order valence-corrected chi connectivity index (χ4v) is 9.61. The van der Waals surface area contributed by atoms with Gasteiger partial charge in [-0.25, -0.2) is 14.6 Å². The summed E-state index contributed by atoms with van der Waals surface area (Å²) < 4.78 is 4.23. The molecule has 0 saturated carbocycles. The van der Waals surface area contributed by atoms with Gasteiger partial charge in [-0.05, 0) is 31.5 Å². The van der Waals surface area contributed by atoms with E-state index in [0.717, 1.165) is 16.2 Å². The smallest absolute Gasteiger partial charge is 0.352 e. The summed E-state index contributed by atoms with van der Waals surface area (Å²) in [6.07, 6.45) is 0. The molecular weight excluding hydrogens is 785 g/mol. The number of esters is 1.